The molecule has 2 aromatic carbocycles. The molecule has 190 valence electrons. The Balaban J connectivity index is 0.00000304. The first-order chi connectivity index (χ1) is 16.7. The maximum atomic E-state index is 15.2. The maximum absolute atomic E-state index is 15.2. The first-order valence-corrected chi connectivity index (χ1v) is 11.4. The Morgan fingerprint density at radius 2 is 2.00 bits per heavy atom. The number of aryl methyl sites for hydroxylation is 1. The van der Waals surface area contributed by atoms with E-state index in [4.69, 9.17) is 17.3 Å². The molecule has 4 aromatic rings. The van der Waals surface area contributed by atoms with Crippen molar-refractivity contribution in [2.45, 2.75) is 25.4 Å². The number of rotatable bonds is 4. The lowest BCUT2D eigenvalue weighted by Crippen LogP contribution is -2.44. The maximum Gasteiger partial charge on any atom is 0.341 e. The highest BCUT2D eigenvalue weighted by Crippen LogP contribution is 2.32. The minimum Gasteiger partial charge on any atom is -0.477 e. The van der Waals surface area contributed by atoms with Crippen molar-refractivity contribution in [3.63, 3.8) is 0 Å². The van der Waals surface area contributed by atoms with Crippen molar-refractivity contribution < 1.29 is 18.7 Å². The number of aromatic carboxylic acids is 1. The van der Waals surface area contributed by atoms with Crippen LogP contribution < -0.4 is 16.2 Å². The molecule has 5 rings (SSSR count). The fourth-order valence-electron chi connectivity index (χ4n) is 4.80. The second-order valence-corrected chi connectivity index (χ2v) is 9.15. The highest BCUT2D eigenvalue weighted by molar-refractivity contribution is 6.31. The molecule has 1 aliphatic heterocycles. The summed E-state index contributed by atoms with van der Waals surface area (Å²) in [4.78, 5) is 31.6. The molecule has 0 aliphatic carbocycles. The molecule has 0 unspecified atom stereocenters. The van der Waals surface area contributed by atoms with Crippen LogP contribution in [0.5, 0.6) is 0 Å². The highest BCUT2D eigenvalue weighted by Gasteiger charge is 2.29. The second-order valence-electron chi connectivity index (χ2n) is 8.75. The third kappa shape index (κ3) is 4.08. The predicted octanol–water partition coefficient (Wildman–Crippen LogP) is 3.92. The van der Waals surface area contributed by atoms with Gasteiger partial charge in [-0.1, -0.05) is 29.8 Å². The number of benzene rings is 2. The number of aromatic nitrogens is 3. The van der Waals surface area contributed by atoms with E-state index in [0.29, 0.717) is 24.1 Å². The number of imidazole rings is 1. The Bertz CT molecular complexity index is 1570. The van der Waals surface area contributed by atoms with Crippen LogP contribution in [-0.2, 0) is 13.6 Å². The minimum atomic E-state index is -1.76. The largest absolute Gasteiger partial charge is 0.477 e. The van der Waals surface area contributed by atoms with Crippen molar-refractivity contribution in [2.24, 2.45) is 12.8 Å². The van der Waals surface area contributed by atoms with Crippen LogP contribution in [0.1, 0.15) is 28.8 Å². The topological polar surface area (TPSA) is 106 Å². The molecule has 0 radical (unpaired) electrons. The molecule has 3 N–H and O–H groups in total. The average Bonchev–Trinajstić information content (AvgIpc) is 3.18. The number of carboxylic acid groups (broad SMARTS) is 1. The zero-order valence-electron chi connectivity index (χ0n) is 19.2. The van der Waals surface area contributed by atoms with Crippen molar-refractivity contribution in [3.05, 3.63) is 68.5 Å². The van der Waals surface area contributed by atoms with Crippen LogP contribution in [0.4, 0.5) is 14.7 Å². The summed E-state index contributed by atoms with van der Waals surface area (Å²) < 4.78 is 32.6. The first-order valence-electron chi connectivity index (χ1n) is 11.1. The van der Waals surface area contributed by atoms with Gasteiger partial charge < -0.3 is 24.9 Å². The fourth-order valence-corrected chi connectivity index (χ4v) is 4.99. The summed E-state index contributed by atoms with van der Waals surface area (Å²) in [5.41, 5.74) is 5.10. The Kier molecular flexibility index (Phi) is 6.96. The number of nitrogens with zero attached hydrogens (tertiary/aromatic N) is 4. The third-order valence-electron chi connectivity index (χ3n) is 6.48. The van der Waals surface area contributed by atoms with Gasteiger partial charge in [-0.25, -0.2) is 18.6 Å². The number of hydrogen-bond donors (Lipinski definition) is 2. The summed E-state index contributed by atoms with van der Waals surface area (Å²) in [5, 5.41) is 9.79. The van der Waals surface area contributed by atoms with Gasteiger partial charge in [0, 0.05) is 36.6 Å². The number of piperidine rings is 1. The molecule has 1 fully saturated rings. The predicted molar refractivity (Wildman–Crippen MR) is 137 cm³/mol. The number of carbonyl (C=O) groups is 1. The van der Waals surface area contributed by atoms with Gasteiger partial charge in [0.2, 0.25) is 5.95 Å². The number of hydrogen-bond acceptors (Lipinski definition) is 5. The molecular formula is C24H23Cl2F2N5O3. The number of fused-ring (bicyclic) bond motifs is 3. The molecule has 0 bridgehead atoms. The number of anilines is 1. The smallest absolute Gasteiger partial charge is 0.341 e. The van der Waals surface area contributed by atoms with Crippen molar-refractivity contribution in [3.8, 4) is 0 Å². The molecule has 36 heavy (non-hydrogen) atoms. The molecule has 2 aromatic heterocycles. The van der Waals surface area contributed by atoms with Crippen LogP contribution >= 0.6 is 24.0 Å². The first kappa shape index (κ1) is 25.9. The zero-order valence-corrected chi connectivity index (χ0v) is 20.7. The summed E-state index contributed by atoms with van der Waals surface area (Å²) in [5.74, 6) is -3.90. The molecule has 0 saturated carbocycles. The molecule has 12 heteroatoms. The van der Waals surface area contributed by atoms with Gasteiger partial charge in [0.1, 0.15) is 22.4 Å². The van der Waals surface area contributed by atoms with Crippen molar-refractivity contribution >= 4 is 57.9 Å². The summed E-state index contributed by atoms with van der Waals surface area (Å²) >= 11 is 6.40. The molecule has 0 spiro atoms. The van der Waals surface area contributed by atoms with Gasteiger partial charge in [-0.2, -0.15) is 0 Å². The van der Waals surface area contributed by atoms with E-state index in [1.807, 2.05) is 17.0 Å². The van der Waals surface area contributed by atoms with Gasteiger partial charge in [-0.05, 0) is 30.5 Å². The van der Waals surface area contributed by atoms with E-state index in [0.717, 1.165) is 29.0 Å². The van der Waals surface area contributed by atoms with Gasteiger partial charge in [0.05, 0.1) is 12.1 Å². The van der Waals surface area contributed by atoms with Crippen LogP contribution in [0.2, 0.25) is 5.02 Å². The average molecular weight is 538 g/mol. The zero-order chi connectivity index (χ0) is 25.0. The van der Waals surface area contributed by atoms with E-state index < -0.39 is 28.7 Å². The number of halogens is 4. The summed E-state index contributed by atoms with van der Waals surface area (Å²) in [6, 6.07) is 8.00. The van der Waals surface area contributed by atoms with Crippen LogP contribution in [-0.4, -0.2) is 44.3 Å². The SMILES string of the molecule is Cl.Cn1c(=O)c2c(nc(N3CCC[C@@H](N)C3)n2Cc2ccccc2Cl)c2cc(F)c(C(=O)O)c(F)c21. The lowest BCUT2D eigenvalue weighted by Gasteiger charge is -2.32. The minimum absolute atomic E-state index is 0. The van der Waals surface area contributed by atoms with Gasteiger partial charge in [0.15, 0.2) is 5.82 Å². The molecule has 1 aliphatic rings. The monoisotopic (exact) mass is 537 g/mol. The van der Waals surface area contributed by atoms with Crippen LogP contribution in [0, 0.1) is 11.6 Å². The number of pyridine rings is 1. The van der Waals surface area contributed by atoms with Crippen LogP contribution in [0.3, 0.4) is 0 Å². The second kappa shape index (κ2) is 9.68. The van der Waals surface area contributed by atoms with E-state index in [-0.39, 0.29) is 46.9 Å². The summed E-state index contributed by atoms with van der Waals surface area (Å²) in [7, 11) is 1.32. The van der Waals surface area contributed by atoms with Gasteiger partial charge >= 0.3 is 5.97 Å². The highest BCUT2D eigenvalue weighted by atomic mass is 35.5. The third-order valence-corrected chi connectivity index (χ3v) is 6.85. The van der Waals surface area contributed by atoms with Gasteiger partial charge in [0.25, 0.3) is 5.56 Å². The Morgan fingerprint density at radius 3 is 2.67 bits per heavy atom. The van der Waals surface area contributed by atoms with Crippen LogP contribution in [0.25, 0.3) is 21.9 Å². The Morgan fingerprint density at radius 1 is 1.28 bits per heavy atom. The van der Waals surface area contributed by atoms with E-state index in [1.54, 1.807) is 16.7 Å². The molecular weight excluding hydrogens is 515 g/mol. The number of nitrogens with two attached hydrogens (primary N) is 1. The standard InChI is InChI=1S/C24H22ClF2N5O3.ClH/c1-30-20-14(9-16(26)17(18(20)27)23(34)35)19-21(22(30)33)32(10-12-5-2-3-7-15(12)25)24(29-19)31-8-4-6-13(28)11-31;/h2-3,5,7,9,13H,4,6,8,10-11,28H2,1H3,(H,34,35);1H/t13-;/m1./s1. The lowest BCUT2D eigenvalue weighted by molar-refractivity contribution is 0.0687. The van der Waals surface area contributed by atoms with Crippen molar-refractivity contribution in [1.82, 2.24) is 14.1 Å². The van der Waals surface area contributed by atoms with E-state index in [2.05, 4.69) is 4.98 Å². The van der Waals surface area contributed by atoms with Crippen molar-refractivity contribution in [2.75, 3.05) is 18.0 Å². The van der Waals surface area contributed by atoms with Gasteiger partial charge in [-0.3, -0.25) is 4.79 Å². The number of carboxylic acids is 1. The van der Waals surface area contributed by atoms with Crippen molar-refractivity contribution in [1.29, 1.82) is 0 Å². The van der Waals surface area contributed by atoms with E-state index in [1.165, 1.54) is 7.05 Å². The van der Waals surface area contributed by atoms with Crippen LogP contribution in [0.15, 0.2) is 35.1 Å². The molecule has 3 heterocycles. The normalized spacial score (nSPS) is 15.9. The Hall–Kier alpha value is -3.21. The molecule has 1 atom stereocenters. The van der Waals surface area contributed by atoms with E-state index >= 15 is 4.39 Å². The van der Waals surface area contributed by atoms with E-state index in [9.17, 15) is 19.1 Å². The fraction of sp³-hybridized carbons (Fsp3) is 0.292. The molecule has 8 nitrogen and oxygen atoms in total. The quantitative estimate of drug-likeness (QED) is 0.408. The molecule has 0 amide bonds. The summed E-state index contributed by atoms with van der Waals surface area (Å²) in [6.07, 6.45) is 1.67. The van der Waals surface area contributed by atoms with Gasteiger partial charge in [-0.15, -0.1) is 12.4 Å². The molecule has 1 saturated heterocycles. The Labute approximate surface area is 215 Å². The summed E-state index contributed by atoms with van der Waals surface area (Å²) in [6.45, 7) is 1.33. The lowest BCUT2D eigenvalue weighted by atomic mass is 10.1.